The summed E-state index contributed by atoms with van der Waals surface area (Å²) in [4.78, 5) is 15.1. The summed E-state index contributed by atoms with van der Waals surface area (Å²) in [5, 5.41) is 7.55. The van der Waals surface area contributed by atoms with Crippen molar-refractivity contribution in [2.75, 3.05) is 23.3 Å². The lowest BCUT2D eigenvalue weighted by atomic mass is 10.1. The highest BCUT2D eigenvalue weighted by Gasteiger charge is 2.16. The largest absolute Gasteiger partial charge is 0.372 e. The van der Waals surface area contributed by atoms with Gasteiger partial charge in [-0.3, -0.25) is 4.79 Å². The molecule has 1 saturated heterocycles. The van der Waals surface area contributed by atoms with E-state index < -0.39 is 0 Å². The average molecular weight is 421 g/mol. The molecular formula is C25H29FN4O. The maximum absolute atomic E-state index is 13.2. The van der Waals surface area contributed by atoms with Gasteiger partial charge in [0.05, 0.1) is 17.8 Å². The van der Waals surface area contributed by atoms with E-state index >= 15 is 0 Å². The van der Waals surface area contributed by atoms with Gasteiger partial charge >= 0.3 is 0 Å². The minimum absolute atomic E-state index is 0.0765. The molecule has 2 aromatic carbocycles. The fraction of sp³-hybridized carbons (Fsp3) is 0.360. The molecule has 1 fully saturated rings. The number of hydrogen-bond donors (Lipinski definition) is 1. The van der Waals surface area contributed by atoms with Crippen LogP contribution in [-0.2, 0) is 11.2 Å². The number of amides is 1. The fourth-order valence-corrected chi connectivity index (χ4v) is 4.21. The predicted molar refractivity (Wildman–Crippen MR) is 122 cm³/mol. The van der Waals surface area contributed by atoms with E-state index in [1.165, 1.54) is 43.5 Å². The van der Waals surface area contributed by atoms with E-state index in [-0.39, 0.29) is 18.1 Å². The highest BCUT2D eigenvalue weighted by molar-refractivity contribution is 5.92. The van der Waals surface area contributed by atoms with Gasteiger partial charge in [-0.1, -0.05) is 12.8 Å². The van der Waals surface area contributed by atoms with Crippen molar-refractivity contribution in [3.8, 4) is 5.69 Å². The first-order chi connectivity index (χ1) is 15.0. The first kappa shape index (κ1) is 21.1. The molecule has 1 aliphatic heterocycles. The minimum Gasteiger partial charge on any atom is -0.372 e. The summed E-state index contributed by atoms with van der Waals surface area (Å²) in [6, 6.07) is 14.3. The van der Waals surface area contributed by atoms with E-state index in [1.54, 1.807) is 16.8 Å². The zero-order valence-corrected chi connectivity index (χ0v) is 18.2. The molecule has 0 bridgehead atoms. The van der Waals surface area contributed by atoms with Crippen molar-refractivity contribution in [1.82, 2.24) is 9.78 Å². The van der Waals surface area contributed by atoms with Gasteiger partial charge in [0.25, 0.3) is 0 Å². The Labute approximate surface area is 182 Å². The molecule has 0 radical (unpaired) electrons. The highest BCUT2D eigenvalue weighted by atomic mass is 19.1. The number of aryl methyl sites for hydroxylation is 1. The Morgan fingerprint density at radius 1 is 0.935 bits per heavy atom. The second-order valence-corrected chi connectivity index (χ2v) is 8.21. The summed E-state index contributed by atoms with van der Waals surface area (Å²) in [7, 11) is 0. The van der Waals surface area contributed by atoms with Gasteiger partial charge in [0, 0.05) is 35.7 Å². The summed E-state index contributed by atoms with van der Waals surface area (Å²) in [5.74, 6) is -0.362. The molecule has 0 atom stereocenters. The Morgan fingerprint density at radius 3 is 2.19 bits per heavy atom. The molecule has 4 rings (SSSR count). The summed E-state index contributed by atoms with van der Waals surface area (Å²) in [6.45, 7) is 6.03. The van der Waals surface area contributed by atoms with Crippen molar-refractivity contribution in [1.29, 1.82) is 0 Å². The van der Waals surface area contributed by atoms with Crippen LogP contribution >= 0.6 is 0 Å². The maximum Gasteiger partial charge on any atom is 0.228 e. The van der Waals surface area contributed by atoms with E-state index in [4.69, 9.17) is 0 Å². The van der Waals surface area contributed by atoms with Crippen LogP contribution in [0.2, 0.25) is 0 Å². The lowest BCUT2D eigenvalue weighted by Crippen LogP contribution is -2.23. The van der Waals surface area contributed by atoms with Crippen molar-refractivity contribution < 1.29 is 9.18 Å². The smallest absolute Gasteiger partial charge is 0.228 e. The number of anilines is 2. The van der Waals surface area contributed by atoms with Crippen LogP contribution in [0.5, 0.6) is 0 Å². The summed E-state index contributed by atoms with van der Waals surface area (Å²) >= 11 is 0. The molecule has 3 aromatic rings. The van der Waals surface area contributed by atoms with Crippen LogP contribution in [0.15, 0.2) is 48.5 Å². The Hall–Kier alpha value is -3.15. The zero-order valence-electron chi connectivity index (χ0n) is 18.2. The molecule has 1 aliphatic rings. The molecule has 0 unspecified atom stereocenters. The third-order valence-electron chi connectivity index (χ3n) is 5.97. The van der Waals surface area contributed by atoms with Gasteiger partial charge in [0.15, 0.2) is 0 Å². The first-order valence-electron chi connectivity index (χ1n) is 11.0. The van der Waals surface area contributed by atoms with Crippen LogP contribution in [0.1, 0.15) is 42.6 Å². The summed E-state index contributed by atoms with van der Waals surface area (Å²) < 4.78 is 15.0. The van der Waals surface area contributed by atoms with E-state index in [0.29, 0.717) is 0 Å². The van der Waals surface area contributed by atoms with E-state index in [2.05, 4.69) is 27.4 Å². The third-order valence-corrected chi connectivity index (χ3v) is 5.97. The van der Waals surface area contributed by atoms with Crippen molar-refractivity contribution in [3.05, 3.63) is 71.3 Å². The molecule has 0 spiro atoms. The summed E-state index contributed by atoms with van der Waals surface area (Å²) in [6.07, 6.45) is 5.33. The van der Waals surface area contributed by atoms with Crippen LogP contribution in [0.4, 0.5) is 15.8 Å². The second kappa shape index (κ2) is 9.33. The first-order valence-corrected chi connectivity index (χ1v) is 11.0. The number of nitrogens with zero attached hydrogens (tertiary/aromatic N) is 3. The van der Waals surface area contributed by atoms with Crippen molar-refractivity contribution >= 4 is 17.3 Å². The average Bonchev–Trinajstić information content (AvgIpc) is 2.95. The van der Waals surface area contributed by atoms with Crippen LogP contribution in [0, 0.1) is 19.7 Å². The van der Waals surface area contributed by atoms with Gasteiger partial charge in [-0.25, -0.2) is 9.07 Å². The SMILES string of the molecule is Cc1nn(-c2ccc(F)cc2)c(C)c1CC(=O)Nc1ccc(N2CCCCCC2)cc1. The molecule has 0 saturated carbocycles. The van der Waals surface area contributed by atoms with Gasteiger partial charge in [-0.15, -0.1) is 0 Å². The summed E-state index contributed by atoms with van der Waals surface area (Å²) in [5.41, 5.74) is 5.36. The standard InChI is InChI=1S/C25H29FN4O/c1-18-24(19(2)30(28-18)23-11-7-20(26)8-12-23)17-25(31)27-21-9-13-22(14-10-21)29-15-5-3-4-6-16-29/h7-14H,3-6,15-17H2,1-2H3,(H,27,31). The molecule has 1 amide bonds. The Morgan fingerprint density at radius 2 is 1.55 bits per heavy atom. The number of rotatable bonds is 5. The van der Waals surface area contributed by atoms with Crippen molar-refractivity contribution in [2.45, 2.75) is 46.0 Å². The quantitative estimate of drug-likeness (QED) is 0.618. The molecule has 31 heavy (non-hydrogen) atoms. The Kier molecular flexibility index (Phi) is 6.35. The molecule has 6 heteroatoms. The van der Waals surface area contributed by atoms with Crippen molar-refractivity contribution in [2.24, 2.45) is 0 Å². The zero-order chi connectivity index (χ0) is 21.8. The van der Waals surface area contributed by atoms with E-state index in [1.807, 2.05) is 26.0 Å². The van der Waals surface area contributed by atoms with Gasteiger partial charge in [-0.05, 0) is 75.2 Å². The van der Waals surface area contributed by atoms with Gasteiger partial charge in [-0.2, -0.15) is 5.10 Å². The number of aromatic nitrogens is 2. The van der Waals surface area contributed by atoms with Gasteiger partial charge in [0.2, 0.25) is 5.91 Å². The third kappa shape index (κ3) is 4.95. The van der Waals surface area contributed by atoms with Gasteiger partial charge < -0.3 is 10.2 Å². The predicted octanol–water partition coefficient (Wildman–Crippen LogP) is 5.19. The van der Waals surface area contributed by atoms with Crippen LogP contribution in [0.3, 0.4) is 0 Å². The Balaban J connectivity index is 1.42. The topological polar surface area (TPSA) is 50.2 Å². The molecule has 1 aromatic heterocycles. The lowest BCUT2D eigenvalue weighted by Gasteiger charge is -2.22. The molecule has 1 N–H and O–H groups in total. The molecule has 2 heterocycles. The van der Waals surface area contributed by atoms with Crippen LogP contribution in [-0.4, -0.2) is 28.8 Å². The van der Waals surface area contributed by atoms with Gasteiger partial charge in [0.1, 0.15) is 5.82 Å². The number of carbonyl (C=O) groups is 1. The second-order valence-electron chi connectivity index (χ2n) is 8.21. The molecule has 0 aliphatic carbocycles. The number of halogens is 1. The lowest BCUT2D eigenvalue weighted by molar-refractivity contribution is -0.115. The number of carbonyl (C=O) groups excluding carboxylic acids is 1. The van der Waals surface area contributed by atoms with Crippen molar-refractivity contribution in [3.63, 3.8) is 0 Å². The normalized spacial score (nSPS) is 14.4. The number of hydrogen-bond acceptors (Lipinski definition) is 3. The van der Waals surface area contributed by atoms with Crippen LogP contribution < -0.4 is 10.2 Å². The van der Waals surface area contributed by atoms with E-state index in [0.717, 1.165) is 41.4 Å². The Bertz CT molecular complexity index is 1030. The maximum atomic E-state index is 13.2. The number of benzene rings is 2. The number of nitrogens with one attached hydrogen (secondary N) is 1. The molecule has 162 valence electrons. The van der Waals surface area contributed by atoms with Crippen LogP contribution in [0.25, 0.3) is 5.69 Å². The highest BCUT2D eigenvalue weighted by Crippen LogP contribution is 2.23. The van der Waals surface area contributed by atoms with E-state index in [9.17, 15) is 9.18 Å². The fourth-order valence-electron chi connectivity index (χ4n) is 4.21. The monoisotopic (exact) mass is 420 g/mol. The molecular weight excluding hydrogens is 391 g/mol. The minimum atomic E-state index is -0.285. The molecule has 5 nitrogen and oxygen atoms in total.